The molecule has 2 amide bonds. The lowest BCUT2D eigenvalue weighted by Crippen LogP contribution is -2.36. The van der Waals surface area contributed by atoms with Crippen LogP contribution in [0.1, 0.15) is 5.69 Å². The first-order valence-corrected chi connectivity index (χ1v) is 8.05. The number of nitrogens with one attached hydrogen (secondary N) is 3. The molecular formula is C16H23BN6O2. The lowest BCUT2D eigenvalue weighted by atomic mass is 9.86. The second kappa shape index (κ2) is 9.00. The highest BCUT2D eigenvalue weighted by atomic mass is 16.2. The van der Waals surface area contributed by atoms with Gasteiger partial charge in [0.15, 0.2) is 0 Å². The van der Waals surface area contributed by atoms with Gasteiger partial charge in [-0.05, 0) is 32.9 Å². The molecule has 0 bridgehead atoms. The zero-order valence-electron chi connectivity index (χ0n) is 14.7. The predicted molar refractivity (Wildman–Crippen MR) is 101 cm³/mol. The van der Waals surface area contributed by atoms with Gasteiger partial charge < -0.3 is 20.5 Å². The molecule has 0 saturated carbocycles. The summed E-state index contributed by atoms with van der Waals surface area (Å²) in [7, 11) is 1.33. The van der Waals surface area contributed by atoms with Gasteiger partial charge in [-0.25, -0.2) is 9.78 Å². The van der Waals surface area contributed by atoms with Crippen LogP contribution in [0.5, 0.6) is 0 Å². The number of para-hydroxylation sites is 1. The summed E-state index contributed by atoms with van der Waals surface area (Å²) in [5.41, 5.74) is 1.42. The molecule has 0 aliphatic rings. The van der Waals surface area contributed by atoms with Gasteiger partial charge in [0, 0.05) is 30.5 Å². The van der Waals surface area contributed by atoms with Crippen LogP contribution in [0.25, 0.3) is 0 Å². The Hall–Kier alpha value is -2.65. The number of urea groups is 1. The molecule has 0 aliphatic heterocycles. The van der Waals surface area contributed by atoms with E-state index in [1.165, 1.54) is 0 Å². The van der Waals surface area contributed by atoms with Gasteiger partial charge in [-0.1, -0.05) is 18.2 Å². The Morgan fingerprint density at radius 2 is 1.96 bits per heavy atom. The van der Waals surface area contributed by atoms with Gasteiger partial charge in [0.1, 0.15) is 5.82 Å². The van der Waals surface area contributed by atoms with Gasteiger partial charge >= 0.3 is 13.1 Å². The fraction of sp³-hybridized carbons (Fsp3) is 0.312. The Balaban J connectivity index is 1.92. The van der Waals surface area contributed by atoms with E-state index in [9.17, 15) is 9.82 Å². The number of rotatable bonds is 7. The van der Waals surface area contributed by atoms with E-state index in [0.29, 0.717) is 24.6 Å². The number of nitrogens with zero attached hydrogens (tertiary/aromatic N) is 3. The molecule has 0 fully saturated rings. The smallest absolute Gasteiger partial charge is 0.376 e. The first-order valence-electron chi connectivity index (χ1n) is 8.05. The molecule has 8 nitrogen and oxygen atoms in total. The standard InChI is InChI=1S/C16H23BN6O2/c1-12-11-14(18-9-10-23(3)17(2)25)21-15(19-12)22-16(24)20-13-7-5-4-6-8-13/h4-8,11,25H,9-10H2,1-3H3,(H3,18,19,20,21,22,24). The monoisotopic (exact) mass is 342 g/mol. The Labute approximate surface area is 147 Å². The number of carbonyl (C=O) groups excluding carboxylic acids is 1. The number of hydrogen-bond donors (Lipinski definition) is 4. The Morgan fingerprint density at radius 1 is 1.24 bits per heavy atom. The molecule has 0 unspecified atom stereocenters. The molecule has 1 heterocycles. The maximum atomic E-state index is 12.0. The number of aromatic nitrogens is 2. The van der Waals surface area contributed by atoms with Crippen molar-refractivity contribution in [3.63, 3.8) is 0 Å². The van der Waals surface area contributed by atoms with Crippen LogP contribution in [0.3, 0.4) is 0 Å². The third-order valence-electron chi connectivity index (χ3n) is 3.52. The third kappa shape index (κ3) is 6.40. The lowest BCUT2D eigenvalue weighted by Gasteiger charge is -2.17. The molecule has 0 atom stereocenters. The first kappa shape index (κ1) is 18.7. The van der Waals surface area contributed by atoms with Crippen LogP contribution >= 0.6 is 0 Å². The highest BCUT2D eigenvalue weighted by Crippen LogP contribution is 2.11. The van der Waals surface area contributed by atoms with E-state index >= 15 is 0 Å². The number of benzene rings is 1. The summed E-state index contributed by atoms with van der Waals surface area (Å²) in [4.78, 5) is 22.3. The topological polar surface area (TPSA) is 102 Å². The number of likely N-dealkylation sites (N-methyl/N-ethyl adjacent to an activating group) is 1. The van der Waals surface area contributed by atoms with Crippen molar-refractivity contribution in [1.82, 2.24) is 14.8 Å². The second-order valence-electron chi connectivity index (χ2n) is 5.70. The summed E-state index contributed by atoms with van der Waals surface area (Å²) in [6, 6.07) is 10.5. The van der Waals surface area contributed by atoms with Crippen LogP contribution in [-0.2, 0) is 0 Å². The fourth-order valence-corrected chi connectivity index (χ4v) is 2.05. The van der Waals surface area contributed by atoms with E-state index in [-0.39, 0.29) is 5.95 Å². The lowest BCUT2D eigenvalue weighted by molar-refractivity contribution is 0.262. The van der Waals surface area contributed by atoms with Crippen molar-refractivity contribution in [1.29, 1.82) is 0 Å². The number of aryl methyl sites for hydroxylation is 1. The SMILES string of the molecule is CB(O)N(C)CCNc1cc(C)nc(NC(=O)Nc2ccccc2)n1. The van der Waals surface area contributed by atoms with Crippen LogP contribution in [-0.4, -0.2) is 53.0 Å². The van der Waals surface area contributed by atoms with E-state index in [0.717, 1.165) is 5.69 Å². The third-order valence-corrected chi connectivity index (χ3v) is 3.52. The Bertz CT molecular complexity index is 698. The highest BCUT2D eigenvalue weighted by molar-refractivity contribution is 6.45. The normalized spacial score (nSPS) is 10.4. The van der Waals surface area contributed by atoms with Crippen molar-refractivity contribution < 1.29 is 9.82 Å². The van der Waals surface area contributed by atoms with Crippen molar-refractivity contribution in [2.24, 2.45) is 0 Å². The second-order valence-corrected chi connectivity index (χ2v) is 5.70. The average molecular weight is 342 g/mol. The van der Waals surface area contributed by atoms with E-state index in [1.807, 2.05) is 32.2 Å². The molecule has 4 N–H and O–H groups in total. The number of hydrogen-bond acceptors (Lipinski definition) is 6. The summed E-state index contributed by atoms with van der Waals surface area (Å²) in [5.74, 6) is 0.835. The number of anilines is 3. The molecule has 25 heavy (non-hydrogen) atoms. The fourth-order valence-electron chi connectivity index (χ4n) is 2.05. The molecule has 0 saturated heterocycles. The van der Waals surface area contributed by atoms with E-state index in [1.54, 1.807) is 29.8 Å². The van der Waals surface area contributed by atoms with Crippen LogP contribution in [0.15, 0.2) is 36.4 Å². The molecular weight excluding hydrogens is 319 g/mol. The number of carbonyl (C=O) groups is 1. The molecule has 0 spiro atoms. The molecule has 0 aliphatic carbocycles. The maximum absolute atomic E-state index is 12.0. The summed E-state index contributed by atoms with van der Waals surface area (Å²) in [5, 5.41) is 17.9. The Kier molecular flexibility index (Phi) is 6.73. The van der Waals surface area contributed by atoms with E-state index in [2.05, 4.69) is 25.9 Å². The van der Waals surface area contributed by atoms with Crippen molar-refractivity contribution in [3.05, 3.63) is 42.1 Å². The summed E-state index contributed by atoms with van der Waals surface area (Å²) >= 11 is 0. The first-order chi connectivity index (χ1) is 11.9. The van der Waals surface area contributed by atoms with Crippen LogP contribution in [0.2, 0.25) is 6.82 Å². The summed E-state index contributed by atoms with van der Waals surface area (Å²) in [6.07, 6.45) is 0. The van der Waals surface area contributed by atoms with Crippen LogP contribution < -0.4 is 16.0 Å². The van der Waals surface area contributed by atoms with E-state index < -0.39 is 13.1 Å². The van der Waals surface area contributed by atoms with Crippen LogP contribution in [0, 0.1) is 6.92 Å². The van der Waals surface area contributed by atoms with Crippen molar-refractivity contribution >= 4 is 30.5 Å². The van der Waals surface area contributed by atoms with Gasteiger partial charge in [-0.2, -0.15) is 4.98 Å². The summed E-state index contributed by atoms with van der Waals surface area (Å²) < 4.78 is 0. The minimum atomic E-state index is -0.507. The molecule has 9 heteroatoms. The van der Waals surface area contributed by atoms with Crippen molar-refractivity contribution in [2.75, 3.05) is 36.1 Å². The predicted octanol–water partition coefficient (Wildman–Crippen LogP) is 1.88. The molecule has 132 valence electrons. The minimum absolute atomic E-state index is 0.222. The molecule has 1 aromatic heterocycles. The molecule has 0 radical (unpaired) electrons. The van der Waals surface area contributed by atoms with Gasteiger partial charge in [-0.3, -0.25) is 5.32 Å². The van der Waals surface area contributed by atoms with Gasteiger partial charge in [0.2, 0.25) is 5.95 Å². The van der Waals surface area contributed by atoms with Gasteiger partial charge in [0.05, 0.1) is 0 Å². The van der Waals surface area contributed by atoms with Gasteiger partial charge in [0.25, 0.3) is 0 Å². The largest absolute Gasteiger partial charge is 0.437 e. The quantitative estimate of drug-likeness (QED) is 0.573. The van der Waals surface area contributed by atoms with Crippen molar-refractivity contribution in [3.8, 4) is 0 Å². The summed E-state index contributed by atoms with van der Waals surface area (Å²) in [6.45, 7) is 4.79. The average Bonchev–Trinajstić information content (AvgIpc) is 2.54. The molecule has 2 aromatic rings. The molecule has 2 rings (SSSR count). The highest BCUT2D eigenvalue weighted by Gasteiger charge is 2.10. The minimum Gasteiger partial charge on any atom is -0.437 e. The number of amides is 2. The van der Waals surface area contributed by atoms with Crippen LogP contribution in [0.4, 0.5) is 22.2 Å². The Morgan fingerprint density at radius 3 is 2.64 bits per heavy atom. The maximum Gasteiger partial charge on any atom is 0.376 e. The van der Waals surface area contributed by atoms with Gasteiger partial charge in [-0.15, -0.1) is 0 Å². The van der Waals surface area contributed by atoms with Crippen molar-refractivity contribution in [2.45, 2.75) is 13.7 Å². The molecule has 1 aromatic carbocycles. The van der Waals surface area contributed by atoms with E-state index in [4.69, 9.17) is 0 Å². The zero-order valence-corrected chi connectivity index (χ0v) is 14.7. The zero-order chi connectivity index (χ0) is 18.2.